The summed E-state index contributed by atoms with van der Waals surface area (Å²) in [6, 6.07) is 7.52. The molecule has 3 rings (SSSR count). The summed E-state index contributed by atoms with van der Waals surface area (Å²) in [7, 11) is 0. The summed E-state index contributed by atoms with van der Waals surface area (Å²) in [5, 5.41) is 45.7. The maximum Gasteiger partial charge on any atom is 0.237 e. The third-order valence-corrected chi connectivity index (χ3v) is 5.90. The second kappa shape index (κ2) is 11.7. The van der Waals surface area contributed by atoms with Crippen LogP contribution in [0, 0.1) is 5.41 Å². The molecule has 0 radical (unpaired) electrons. The van der Waals surface area contributed by atoms with Crippen LogP contribution in [0.2, 0.25) is 0 Å². The monoisotopic (exact) mass is 468 g/mol. The molecule has 0 spiro atoms. The fourth-order valence-corrected chi connectivity index (χ4v) is 3.89. The van der Waals surface area contributed by atoms with Gasteiger partial charge in [-0.3, -0.25) is 4.79 Å². The lowest BCUT2D eigenvalue weighted by Crippen LogP contribution is -2.65. The zero-order valence-corrected chi connectivity index (χ0v) is 19.1. The van der Waals surface area contributed by atoms with E-state index in [-0.39, 0.29) is 11.7 Å². The fraction of sp³-hybridized carbons (Fsp3) is 0.696. The molecule has 1 amide bonds. The van der Waals surface area contributed by atoms with Crippen molar-refractivity contribution in [1.82, 2.24) is 10.6 Å². The van der Waals surface area contributed by atoms with Crippen LogP contribution < -0.4 is 10.6 Å². The molecule has 10 nitrogen and oxygen atoms in total. The molecular formula is C23H36N2O8. The van der Waals surface area contributed by atoms with Crippen LogP contribution in [0.3, 0.4) is 0 Å². The van der Waals surface area contributed by atoms with Gasteiger partial charge in [-0.2, -0.15) is 0 Å². The highest BCUT2D eigenvalue weighted by Crippen LogP contribution is 2.24. The van der Waals surface area contributed by atoms with Crippen molar-refractivity contribution in [2.24, 2.45) is 5.41 Å². The standard InChI is InChI=1S/C23H36N2O8/c1-23(2)12-31-17(32-13-23)8-9-24-15(10-14-6-4-3-5-7-14)21(29)25-18-20(28)19(27)16(11-26)33-22(18)30/h3-7,15-20,22,24,26-28,30H,8-13H2,1-2H3,(H,25,29)/t15-,16?,18+,19+,20+,22?/m0/s1. The van der Waals surface area contributed by atoms with E-state index in [4.69, 9.17) is 14.2 Å². The lowest BCUT2D eigenvalue weighted by atomic mass is 9.95. The van der Waals surface area contributed by atoms with Gasteiger partial charge in [-0.1, -0.05) is 44.2 Å². The highest BCUT2D eigenvalue weighted by atomic mass is 16.7. The van der Waals surface area contributed by atoms with E-state index in [0.717, 1.165) is 5.56 Å². The van der Waals surface area contributed by atoms with Crippen LogP contribution in [0.5, 0.6) is 0 Å². The van der Waals surface area contributed by atoms with Gasteiger partial charge >= 0.3 is 0 Å². The Bertz CT molecular complexity index is 739. The Morgan fingerprint density at radius 1 is 1.12 bits per heavy atom. The highest BCUT2D eigenvalue weighted by molar-refractivity contribution is 5.82. The predicted molar refractivity (Wildman–Crippen MR) is 118 cm³/mol. The average Bonchev–Trinajstić information content (AvgIpc) is 2.80. The van der Waals surface area contributed by atoms with Crippen molar-refractivity contribution < 1.29 is 39.4 Å². The first-order valence-electron chi connectivity index (χ1n) is 11.3. The summed E-state index contributed by atoms with van der Waals surface area (Å²) in [6.07, 6.45) is -5.10. The molecule has 2 aliphatic heterocycles. The Morgan fingerprint density at radius 3 is 2.42 bits per heavy atom. The summed E-state index contributed by atoms with van der Waals surface area (Å²) in [4.78, 5) is 13.1. The number of aliphatic hydroxyl groups excluding tert-OH is 4. The third-order valence-electron chi connectivity index (χ3n) is 5.90. The lowest BCUT2D eigenvalue weighted by molar-refractivity contribution is -0.254. The van der Waals surface area contributed by atoms with Crippen LogP contribution in [0.25, 0.3) is 0 Å². The summed E-state index contributed by atoms with van der Waals surface area (Å²) < 4.78 is 16.6. The molecule has 2 fully saturated rings. The first-order valence-corrected chi connectivity index (χ1v) is 11.3. The van der Waals surface area contributed by atoms with E-state index in [1.165, 1.54) is 0 Å². The number of ether oxygens (including phenoxy) is 3. The molecular weight excluding hydrogens is 432 g/mol. The first-order chi connectivity index (χ1) is 15.7. The summed E-state index contributed by atoms with van der Waals surface area (Å²) in [5.74, 6) is -0.466. The molecule has 10 heteroatoms. The van der Waals surface area contributed by atoms with Crippen molar-refractivity contribution >= 4 is 5.91 Å². The van der Waals surface area contributed by atoms with E-state index in [1.807, 2.05) is 30.3 Å². The van der Waals surface area contributed by atoms with Gasteiger partial charge in [0.15, 0.2) is 12.6 Å². The third kappa shape index (κ3) is 7.17. The molecule has 1 aromatic rings. The zero-order valence-electron chi connectivity index (χ0n) is 19.1. The van der Waals surface area contributed by atoms with E-state index >= 15 is 0 Å². The Kier molecular flexibility index (Phi) is 9.19. The molecule has 6 N–H and O–H groups in total. The van der Waals surface area contributed by atoms with Crippen LogP contribution in [0.4, 0.5) is 0 Å². The normalized spacial score (nSPS) is 31.2. The molecule has 2 heterocycles. The topological polar surface area (TPSA) is 150 Å². The Morgan fingerprint density at radius 2 is 1.79 bits per heavy atom. The number of rotatable bonds is 9. The van der Waals surface area contributed by atoms with Gasteiger partial charge in [0.25, 0.3) is 0 Å². The van der Waals surface area contributed by atoms with E-state index in [9.17, 15) is 25.2 Å². The van der Waals surface area contributed by atoms with E-state index in [2.05, 4.69) is 24.5 Å². The lowest BCUT2D eigenvalue weighted by Gasteiger charge is -2.40. The molecule has 1 aromatic carbocycles. The van der Waals surface area contributed by atoms with Crippen molar-refractivity contribution in [3.63, 3.8) is 0 Å². The highest BCUT2D eigenvalue weighted by Gasteiger charge is 2.44. The molecule has 33 heavy (non-hydrogen) atoms. The van der Waals surface area contributed by atoms with Gasteiger partial charge in [-0.15, -0.1) is 0 Å². The molecule has 186 valence electrons. The molecule has 2 saturated heterocycles. The minimum atomic E-state index is -1.57. The van der Waals surface area contributed by atoms with Crippen molar-refractivity contribution in [3.05, 3.63) is 35.9 Å². The number of carbonyl (C=O) groups is 1. The van der Waals surface area contributed by atoms with Crippen molar-refractivity contribution in [2.45, 2.75) is 69.7 Å². The number of amides is 1. The van der Waals surface area contributed by atoms with Crippen LogP contribution in [-0.4, -0.2) is 95.7 Å². The number of benzene rings is 1. The van der Waals surface area contributed by atoms with Crippen LogP contribution in [-0.2, 0) is 25.4 Å². The summed E-state index contributed by atoms with van der Waals surface area (Å²) in [6.45, 7) is 5.20. The summed E-state index contributed by atoms with van der Waals surface area (Å²) in [5.41, 5.74) is 0.904. The van der Waals surface area contributed by atoms with Crippen molar-refractivity contribution in [3.8, 4) is 0 Å². The molecule has 0 aromatic heterocycles. The summed E-state index contributed by atoms with van der Waals surface area (Å²) >= 11 is 0. The molecule has 2 unspecified atom stereocenters. The minimum absolute atomic E-state index is 0.0248. The molecule has 0 aliphatic carbocycles. The predicted octanol–water partition coefficient (Wildman–Crippen LogP) is -1.11. The van der Waals surface area contributed by atoms with Gasteiger partial charge in [0.1, 0.15) is 24.4 Å². The van der Waals surface area contributed by atoms with Gasteiger partial charge < -0.3 is 45.3 Å². The number of hydrogen-bond donors (Lipinski definition) is 6. The quantitative estimate of drug-likeness (QED) is 0.265. The Hall–Kier alpha value is -1.63. The van der Waals surface area contributed by atoms with Gasteiger partial charge in [0, 0.05) is 18.4 Å². The van der Waals surface area contributed by atoms with Crippen LogP contribution in [0.15, 0.2) is 30.3 Å². The van der Waals surface area contributed by atoms with Crippen LogP contribution >= 0.6 is 0 Å². The van der Waals surface area contributed by atoms with Crippen molar-refractivity contribution in [1.29, 1.82) is 0 Å². The zero-order chi connectivity index (χ0) is 24.0. The maximum absolute atomic E-state index is 13.1. The fourth-order valence-electron chi connectivity index (χ4n) is 3.89. The van der Waals surface area contributed by atoms with Gasteiger partial charge in [0.2, 0.25) is 5.91 Å². The second-order valence-corrected chi connectivity index (χ2v) is 9.46. The van der Waals surface area contributed by atoms with Gasteiger partial charge in [-0.05, 0) is 12.0 Å². The Balaban J connectivity index is 1.60. The second-order valence-electron chi connectivity index (χ2n) is 9.46. The maximum atomic E-state index is 13.1. The van der Waals surface area contributed by atoms with E-state index in [1.54, 1.807) is 0 Å². The molecule has 0 saturated carbocycles. The van der Waals surface area contributed by atoms with E-state index < -0.39 is 49.2 Å². The average molecular weight is 469 g/mol. The molecule has 6 atom stereocenters. The number of aliphatic hydroxyl groups is 4. The SMILES string of the molecule is CC1(C)COC(CCN[C@@H](Cc2ccccc2)C(=O)N[C@H]2C(O)OC(CO)[C@@H](O)[C@@H]2O)OC1. The van der Waals surface area contributed by atoms with E-state index in [0.29, 0.717) is 32.6 Å². The number of carbonyl (C=O) groups excluding carboxylic acids is 1. The first kappa shape index (κ1) is 26.0. The molecule has 0 bridgehead atoms. The van der Waals surface area contributed by atoms with Crippen molar-refractivity contribution in [2.75, 3.05) is 26.4 Å². The van der Waals surface area contributed by atoms with Gasteiger partial charge in [0.05, 0.1) is 25.9 Å². The minimum Gasteiger partial charge on any atom is -0.394 e. The van der Waals surface area contributed by atoms with Gasteiger partial charge in [-0.25, -0.2) is 0 Å². The van der Waals surface area contributed by atoms with Crippen LogP contribution in [0.1, 0.15) is 25.8 Å². The number of nitrogens with one attached hydrogen (secondary N) is 2. The largest absolute Gasteiger partial charge is 0.394 e. The smallest absolute Gasteiger partial charge is 0.237 e. The molecule has 2 aliphatic rings. The Labute approximate surface area is 193 Å². The number of hydrogen-bond acceptors (Lipinski definition) is 9.